The Morgan fingerprint density at radius 1 is 1.12 bits per heavy atom. The first-order valence-electron chi connectivity index (χ1n) is 9.78. The van der Waals surface area contributed by atoms with Crippen LogP contribution in [-0.4, -0.2) is 24.4 Å². The van der Waals surface area contributed by atoms with Crippen molar-refractivity contribution < 1.29 is 27.9 Å². The monoisotopic (exact) mass is 500 g/mol. The molecule has 0 bridgehead atoms. The molecule has 0 spiro atoms. The number of ether oxygens (including phenoxy) is 1. The van der Waals surface area contributed by atoms with E-state index in [-0.39, 0.29) is 39.2 Å². The van der Waals surface area contributed by atoms with E-state index in [0.717, 1.165) is 11.1 Å². The third kappa shape index (κ3) is 4.59. The van der Waals surface area contributed by atoms with Gasteiger partial charge in [0.1, 0.15) is 29.5 Å². The predicted octanol–water partition coefficient (Wildman–Crippen LogP) is 5.20. The number of rotatable bonds is 6. The predicted molar refractivity (Wildman–Crippen MR) is 125 cm³/mol. The first-order chi connectivity index (χ1) is 16.3. The normalized spacial score (nSPS) is 14.4. The highest BCUT2D eigenvalue weighted by Gasteiger charge is 2.35. The van der Waals surface area contributed by atoms with E-state index >= 15 is 0 Å². The summed E-state index contributed by atoms with van der Waals surface area (Å²) in [5.41, 5.74) is 2.95. The zero-order valence-corrected chi connectivity index (χ0v) is 18.8. The molecule has 3 aromatic rings. The lowest BCUT2D eigenvalue weighted by Crippen LogP contribution is -2.35. The number of nitrogens with zero attached hydrogens (tertiary/aromatic N) is 1. The van der Waals surface area contributed by atoms with Gasteiger partial charge in [-0.3, -0.25) is 15.0 Å². The topological polar surface area (TPSA) is 88.9 Å². The van der Waals surface area contributed by atoms with Crippen molar-refractivity contribution in [3.8, 4) is 11.3 Å². The van der Waals surface area contributed by atoms with Gasteiger partial charge in [-0.2, -0.15) is 0 Å². The minimum Gasteiger partial charge on any atom is -0.458 e. The molecule has 172 valence electrons. The Balaban J connectivity index is 1.59. The van der Waals surface area contributed by atoms with Crippen molar-refractivity contribution in [1.29, 1.82) is 0 Å². The lowest BCUT2D eigenvalue weighted by Gasteiger charge is -2.14. The van der Waals surface area contributed by atoms with Gasteiger partial charge in [0.15, 0.2) is 0 Å². The molecule has 0 aliphatic carbocycles. The molecule has 1 aliphatic heterocycles. The lowest BCUT2D eigenvalue weighted by molar-refractivity contribution is -0.117. The number of hydrogen-bond donors (Lipinski definition) is 1. The van der Waals surface area contributed by atoms with Crippen LogP contribution < -0.4 is 10.4 Å². The standard InChI is InChI=1S/C24H15Cl2FN2O5/c1-2-9-33-24(32)16-10-13(3-6-18(16)25)21-8-5-15(34-21)12-17-22(30)28-29(23(17)31)14-4-7-19(26)20(27)11-14/h2-8,10-12H,1,9H2,(H,28,30)/b17-12-. The zero-order chi connectivity index (χ0) is 24.4. The van der Waals surface area contributed by atoms with Gasteiger partial charge in [-0.25, -0.2) is 14.2 Å². The molecule has 1 aromatic heterocycles. The van der Waals surface area contributed by atoms with Crippen LogP contribution in [0.2, 0.25) is 10.0 Å². The van der Waals surface area contributed by atoms with Crippen LogP contribution in [0.1, 0.15) is 16.1 Å². The largest absolute Gasteiger partial charge is 0.458 e. The molecule has 4 rings (SSSR count). The molecule has 1 saturated heterocycles. The van der Waals surface area contributed by atoms with E-state index in [0.29, 0.717) is 11.3 Å². The average Bonchev–Trinajstić information content (AvgIpc) is 3.40. The fraction of sp³-hybridized carbons (Fsp3) is 0.0417. The fourth-order valence-electron chi connectivity index (χ4n) is 3.14. The highest BCUT2D eigenvalue weighted by atomic mass is 35.5. The number of hydrogen-bond acceptors (Lipinski definition) is 5. The number of carbonyl (C=O) groups is 3. The van der Waals surface area contributed by atoms with Crippen molar-refractivity contribution in [2.45, 2.75) is 0 Å². The van der Waals surface area contributed by atoms with E-state index in [1.807, 2.05) is 0 Å². The summed E-state index contributed by atoms with van der Waals surface area (Å²) in [5.74, 6) is -2.15. The molecule has 0 saturated carbocycles. The maximum absolute atomic E-state index is 13.8. The van der Waals surface area contributed by atoms with Crippen molar-refractivity contribution >= 4 is 52.7 Å². The fourth-order valence-corrected chi connectivity index (χ4v) is 3.45. The quantitative estimate of drug-likeness (QED) is 0.217. The molecule has 7 nitrogen and oxygen atoms in total. The van der Waals surface area contributed by atoms with E-state index in [4.69, 9.17) is 32.4 Å². The van der Waals surface area contributed by atoms with E-state index in [9.17, 15) is 18.8 Å². The number of esters is 1. The van der Waals surface area contributed by atoms with Gasteiger partial charge in [0.2, 0.25) is 0 Å². The van der Waals surface area contributed by atoms with Crippen LogP contribution >= 0.6 is 23.2 Å². The van der Waals surface area contributed by atoms with Gasteiger partial charge in [0.25, 0.3) is 11.8 Å². The number of furan rings is 1. The minimum absolute atomic E-state index is 0.0354. The van der Waals surface area contributed by atoms with Gasteiger partial charge >= 0.3 is 5.97 Å². The summed E-state index contributed by atoms with van der Waals surface area (Å²) in [6.45, 7) is 3.53. The summed E-state index contributed by atoms with van der Waals surface area (Å²) in [4.78, 5) is 37.3. The number of amides is 2. The van der Waals surface area contributed by atoms with Gasteiger partial charge in [0, 0.05) is 11.6 Å². The number of halogens is 3. The Bertz CT molecular complexity index is 1370. The molecule has 1 N–H and O–H groups in total. The molecule has 10 heteroatoms. The van der Waals surface area contributed by atoms with Crippen LogP contribution in [0.15, 0.2) is 71.2 Å². The lowest BCUT2D eigenvalue weighted by atomic mass is 10.1. The van der Waals surface area contributed by atoms with Crippen LogP contribution in [0.3, 0.4) is 0 Å². The third-order valence-corrected chi connectivity index (χ3v) is 5.41. The van der Waals surface area contributed by atoms with Crippen LogP contribution in [-0.2, 0) is 14.3 Å². The second kappa shape index (κ2) is 9.54. The van der Waals surface area contributed by atoms with Crippen LogP contribution in [0, 0.1) is 5.82 Å². The minimum atomic E-state index is -0.731. The van der Waals surface area contributed by atoms with Crippen LogP contribution in [0.25, 0.3) is 17.4 Å². The first-order valence-corrected chi connectivity index (χ1v) is 10.5. The SMILES string of the molecule is C=CCOC(=O)c1cc(-c2ccc(/C=C3/C(=O)NN(c4ccc(Cl)c(F)c4)C3=O)o2)ccc1Cl. The highest BCUT2D eigenvalue weighted by Crippen LogP contribution is 2.29. The molecule has 1 fully saturated rings. The van der Waals surface area contributed by atoms with Gasteiger partial charge in [-0.1, -0.05) is 35.9 Å². The Morgan fingerprint density at radius 2 is 1.88 bits per heavy atom. The Hall–Kier alpha value is -3.88. The van der Waals surface area contributed by atoms with Gasteiger partial charge in [0.05, 0.1) is 21.3 Å². The van der Waals surface area contributed by atoms with Gasteiger partial charge in [-0.05, 0) is 48.5 Å². The van der Waals surface area contributed by atoms with E-state index in [1.165, 1.54) is 36.4 Å². The van der Waals surface area contributed by atoms with Crippen molar-refractivity contribution in [1.82, 2.24) is 5.43 Å². The summed E-state index contributed by atoms with van der Waals surface area (Å²) in [6.07, 6.45) is 2.70. The molecule has 2 aromatic carbocycles. The molecular formula is C24H15Cl2FN2O5. The second-order valence-electron chi connectivity index (χ2n) is 7.02. The number of anilines is 1. The summed E-state index contributed by atoms with van der Waals surface area (Å²) < 4.78 is 24.5. The van der Waals surface area contributed by atoms with Crippen molar-refractivity contribution in [3.05, 3.63) is 93.9 Å². The van der Waals surface area contributed by atoms with Crippen LogP contribution in [0.4, 0.5) is 10.1 Å². The van der Waals surface area contributed by atoms with E-state index in [2.05, 4.69) is 12.0 Å². The number of carbonyl (C=O) groups excluding carboxylic acids is 3. The summed E-state index contributed by atoms with van der Waals surface area (Å²) >= 11 is 11.8. The Labute approximate surface area is 203 Å². The van der Waals surface area contributed by atoms with Crippen molar-refractivity contribution in [2.24, 2.45) is 0 Å². The number of hydrazine groups is 1. The van der Waals surface area contributed by atoms with Crippen LogP contribution in [0.5, 0.6) is 0 Å². The zero-order valence-electron chi connectivity index (χ0n) is 17.3. The third-order valence-electron chi connectivity index (χ3n) is 4.77. The Kier molecular flexibility index (Phi) is 6.54. The molecule has 1 aliphatic rings. The average molecular weight is 501 g/mol. The summed E-state index contributed by atoms with van der Waals surface area (Å²) in [6, 6.07) is 11.6. The smallest absolute Gasteiger partial charge is 0.339 e. The first kappa shape index (κ1) is 23.3. The van der Waals surface area contributed by atoms with Crippen molar-refractivity contribution in [2.75, 3.05) is 11.6 Å². The summed E-state index contributed by atoms with van der Waals surface area (Å²) in [7, 11) is 0. The second-order valence-corrected chi connectivity index (χ2v) is 7.84. The molecule has 2 heterocycles. The van der Waals surface area contributed by atoms with Gasteiger partial charge in [-0.15, -0.1) is 0 Å². The Morgan fingerprint density at radius 3 is 2.62 bits per heavy atom. The van der Waals surface area contributed by atoms with E-state index < -0.39 is 23.6 Å². The molecular weight excluding hydrogens is 486 g/mol. The number of benzene rings is 2. The van der Waals surface area contributed by atoms with Crippen molar-refractivity contribution in [3.63, 3.8) is 0 Å². The maximum Gasteiger partial charge on any atom is 0.339 e. The highest BCUT2D eigenvalue weighted by molar-refractivity contribution is 6.34. The molecule has 0 unspecified atom stereocenters. The molecule has 34 heavy (non-hydrogen) atoms. The number of nitrogens with one attached hydrogen (secondary N) is 1. The molecule has 0 atom stereocenters. The summed E-state index contributed by atoms with van der Waals surface area (Å²) in [5, 5.41) is 1.01. The van der Waals surface area contributed by atoms with Gasteiger partial charge < -0.3 is 9.15 Å². The molecule has 2 amide bonds. The van der Waals surface area contributed by atoms with E-state index in [1.54, 1.807) is 18.2 Å². The molecule has 0 radical (unpaired) electrons. The maximum atomic E-state index is 13.8.